The van der Waals surface area contributed by atoms with Gasteiger partial charge in [-0.05, 0) is 60.5 Å². The molecule has 0 spiro atoms. The number of hydrogen-bond donors (Lipinski definition) is 2. The maximum atomic E-state index is 13.6. The van der Waals surface area contributed by atoms with Crippen molar-refractivity contribution in [2.75, 3.05) is 43.2 Å². The van der Waals surface area contributed by atoms with Crippen molar-refractivity contribution >= 4 is 44.9 Å². The molecule has 0 saturated carbocycles. The van der Waals surface area contributed by atoms with Crippen LogP contribution < -0.4 is 15.5 Å². The van der Waals surface area contributed by atoms with E-state index in [1.807, 2.05) is 100 Å². The molecule has 0 atom stereocenters. The number of halogens is 1. The molecule has 2 amide bonds. The summed E-state index contributed by atoms with van der Waals surface area (Å²) in [6, 6.07) is 30.0. The fourth-order valence-corrected chi connectivity index (χ4v) is 4.49. The largest absolute Gasteiger partial charge is 0.322 e. The van der Waals surface area contributed by atoms with E-state index in [0.717, 1.165) is 42.3 Å². The van der Waals surface area contributed by atoms with E-state index in [4.69, 9.17) is 11.6 Å². The molecule has 4 aromatic rings. The SMILES string of the molecule is CC.CCNCCN(C(=O)c1ccc(NC(=O)c2ccccc2-c2ccccc2)cc1Cl)c1ccccc1C.COS(C)(=O)=O. The molecule has 0 heterocycles. The third-order valence-electron chi connectivity index (χ3n) is 6.43. The quantitative estimate of drug-likeness (QED) is 0.136. The number of carbonyl (C=O) groups excluding carboxylic acids is 2. The summed E-state index contributed by atoms with van der Waals surface area (Å²) < 4.78 is 23.5. The number of para-hydroxylation sites is 1. The molecule has 0 fully saturated rings. The lowest BCUT2D eigenvalue weighted by Crippen LogP contribution is -2.37. The summed E-state index contributed by atoms with van der Waals surface area (Å²) in [5.41, 5.74) is 5.10. The maximum absolute atomic E-state index is 13.6. The highest BCUT2D eigenvalue weighted by Gasteiger charge is 2.22. The zero-order chi connectivity index (χ0) is 33.4. The van der Waals surface area contributed by atoms with Crippen LogP contribution in [0.3, 0.4) is 0 Å². The van der Waals surface area contributed by atoms with Crippen molar-refractivity contribution in [1.29, 1.82) is 0 Å². The van der Waals surface area contributed by atoms with Gasteiger partial charge in [-0.2, -0.15) is 8.42 Å². The minimum absolute atomic E-state index is 0.190. The second kappa shape index (κ2) is 18.7. The van der Waals surface area contributed by atoms with E-state index in [1.165, 1.54) is 0 Å². The summed E-state index contributed by atoms with van der Waals surface area (Å²) in [6.07, 6.45) is 0.993. The molecule has 0 aliphatic rings. The van der Waals surface area contributed by atoms with Gasteiger partial charge < -0.3 is 15.5 Å². The van der Waals surface area contributed by atoms with Crippen LogP contribution in [0, 0.1) is 6.92 Å². The minimum Gasteiger partial charge on any atom is -0.322 e. The molecule has 0 aliphatic carbocycles. The van der Waals surface area contributed by atoms with Gasteiger partial charge in [-0.25, -0.2) is 0 Å². The van der Waals surface area contributed by atoms with Crippen LogP contribution >= 0.6 is 11.6 Å². The Morgan fingerprint density at radius 1 is 0.867 bits per heavy atom. The number of amides is 2. The third kappa shape index (κ3) is 11.4. The molecule has 10 heteroatoms. The van der Waals surface area contributed by atoms with Gasteiger partial charge in [0, 0.05) is 30.0 Å². The second-order valence-corrected chi connectivity index (χ2v) is 11.7. The number of likely N-dealkylation sites (N-methyl/N-ethyl adjacent to an activating group) is 1. The number of nitrogens with zero attached hydrogens (tertiary/aromatic N) is 1. The number of rotatable bonds is 10. The van der Waals surface area contributed by atoms with E-state index in [0.29, 0.717) is 29.9 Å². The van der Waals surface area contributed by atoms with Crippen molar-refractivity contribution < 1.29 is 22.2 Å². The van der Waals surface area contributed by atoms with Crippen molar-refractivity contribution in [1.82, 2.24) is 5.32 Å². The van der Waals surface area contributed by atoms with E-state index in [-0.39, 0.29) is 16.8 Å². The normalized spacial score (nSPS) is 10.5. The number of anilines is 2. The van der Waals surface area contributed by atoms with Crippen LogP contribution in [0.1, 0.15) is 47.1 Å². The standard InChI is InChI=1S/C31H30ClN3O2.C2H6O3S.C2H6/c1-3-33-19-20-35(29-16-10-7-11-22(29)2)31(37)27-18-17-24(21-28(27)32)34-30(36)26-15-9-8-14-25(26)23-12-5-4-6-13-23;1-5-6(2,3)4;1-2/h4-18,21,33H,3,19-20H2,1-2H3,(H,34,36);1-2H3;1-2H3. The Morgan fingerprint density at radius 3 is 2.07 bits per heavy atom. The van der Waals surface area contributed by atoms with Crippen molar-refractivity contribution in [2.24, 2.45) is 0 Å². The smallest absolute Gasteiger partial charge is 0.264 e. The van der Waals surface area contributed by atoms with Crippen LogP contribution in [0.4, 0.5) is 11.4 Å². The lowest BCUT2D eigenvalue weighted by Gasteiger charge is -2.25. The topological polar surface area (TPSA) is 105 Å². The van der Waals surface area contributed by atoms with E-state index in [1.54, 1.807) is 29.2 Å². The number of nitrogens with one attached hydrogen (secondary N) is 2. The highest BCUT2D eigenvalue weighted by Crippen LogP contribution is 2.28. The Balaban J connectivity index is 0.000000790. The average Bonchev–Trinajstić information content (AvgIpc) is 3.05. The van der Waals surface area contributed by atoms with Gasteiger partial charge in [-0.3, -0.25) is 13.8 Å². The first-order valence-corrected chi connectivity index (χ1v) is 16.8. The first kappa shape index (κ1) is 37.2. The number of benzene rings is 4. The molecule has 4 aromatic carbocycles. The van der Waals surface area contributed by atoms with Crippen molar-refractivity contribution in [3.05, 3.63) is 119 Å². The Hall–Kier alpha value is -4.02. The fourth-order valence-electron chi connectivity index (χ4n) is 4.23. The Bertz CT molecular complexity index is 1650. The summed E-state index contributed by atoms with van der Waals surface area (Å²) in [5, 5.41) is 6.48. The molecular formula is C35H42ClN3O5S. The van der Waals surface area contributed by atoms with Crippen LogP contribution in [0.2, 0.25) is 5.02 Å². The van der Waals surface area contributed by atoms with Gasteiger partial charge in [0.05, 0.1) is 24.0 Å². The zero-order valence-electron chi connectivity index (χ0n) is 26.6. The van der Waals surface area contributed by atoms with E-state index >= 15 is 0 Å². The van der Waals surface area contributed by atoms with Crippen molar-refractivity contribution in [2.45, 2.75) is 27.7 Å². The fraction of sp³-hybridized carbons (Fsp3) is 0.257. The van der Waals surface area contributed by atoms with Gasteiger partial charge in [0.2, 0.25) is 0 Å². The monoisotopic (exact) mass is 651 g/mol. The van der Waals surface area contributed by atoms with Crippen LogP contribution in [0.5, 0.6) is 0 Å². The molecule has 2 N–H and O–H groups in total. The third-order valence-corrected chi connectivity index (χ3v) is 7.35. The van der Waals surface area contributed by atoms with E-state index in [2.05, 4.69) is 14.8 Å². The molecule has 0 bridgehead atoms. The summed E-state index contributed by atoms with van der Waals surface area (Å²) in [6.45, 7) is 9.99. The summed E-state index contributed by atoms with van der Waals surface area (Å²) in [4.78, 5) is 28.5. The molecule has 45 heavy (non-hydrogen) atoms. The van der Waals surface area contributed by atoms with E-state index in [9.17, 15) is 18.0 Å². The zero-order valence-corrected chi connectivity index (χ0v) is 28.2. The summed E-state index contributed by atoms with van der Waals surface area (Å²) in [5.74, 6) is -0.439. The minimum atomic E-state index is -3.16. The lowest BCUT2D eigenvalue weighted by atomic mass is 9.99. The second-order valence-electron chi connectivity index (χ2n) is 9.53. The molecule has 8 nitrogen and oxygen atoms in total. The van der Waals surface area contributed by atoms with Gasteiger partial charge in [-0.15, -0.1) is 0 Å². The molecule has 0 radical (unpaired) electrons. The van der Waals surface area contributed by atoms with Crippen molar-refractivity contribution in [3.63, 3.8) is 0 Å². The first-order chi connectivity index (χ1) is 21.6. The molecule has 4 rings (SSSR count). The van der Waals surface area contributed by atoms with Gasteiger partial charge in [0.15, 0.2) is 0 Å². The Morgan fingerprint density at radius 2 is 1.47 bits per heavy atom. The van der Waals surface area contributed by atoms with Crippen LogP contribution in [0.25, 0.3) is 11.1 Å². The van der Waals surface area contributed by atoms with Gasteiger partial charge in [0.25, 0.3) is 21.9 Å². The van der Waals surface area contributed by atoms with E-state index < -0.39 is 10.1 Å². The summed E-state index contributed by atoms with van der Waals surface area (Å²) in [7, 11) is -2.04. The first-order valence-electron chi connectivity index (χ1n) is 14.6. The summed E-state index contributed by atoms with van der Waals surface area (Å²) >= 11 is 6.60. The number of aryl methyl sites for hydroxylation is 1. The number of carbonyl (C=O) groups is 2. The molecule has 0 aliphatic heterocycles. The van der Waals surface area contributed by atoms with Crippen molar-refractivity contribution in [3.8, 4) is 11.1 Å². The predicted octanol–water partition coefficient (Wildman–Crippen LogP) is 7.44. The number of hydrogen-bond acceptors (Lipinski definition) is 6. The molecule has 240 valence electrons. The predicted molar refractivity (Wildman–Crippen MR) is 186 cm³/mol. The average molecular weight is 652 g/mol. The van der Waals surface area contributed by atoms with Gasteiger partial charge in [-0.1, -0.05) is 99.1 Å². The van der Waals surface area contributed by atoms with Crippen LogP contribution in [0.15, 0.2) is 97.1 Å². The highest BCUT2D eigenvalue weighted by molar-refractivity contribution is 7.85. The molecule has 0 unspecified atom stereocenters. The molecule has 0 saturated heterocycles. The molecular weight excluding hydrogens is 610 g/mol. The highest BCUT2D eigenvalue weighted by atomic mass is 35.5. The van der Waals surface area contributed by atoms with Crippen LogP contribution in [-0.4, -0.2) is 53.2 Å². The van der Waals surface area contributed by atoms with Crippen LogP contribution in [-0.2, 0) is 14.3 Å². The lowest BCUT2D eigenvalue weighted by molar-refractivity contribution is 0.0986. The molecule has 0 aromatic heterocycles. The van der Waals surface area contributed by atoms with Gasteiger partial charge >= 0.3 is 0 Å². The van der Waals surface area contributed by atoms with Gasteiger partial charge in [0.1, 0.15) is 0 Å². The Kier molecular flexibility index (Phi) is 15.5. The Labute approximate surface area is 272 Å². The maximum Gasteiger partial charge on any atom is 0.264 e.